The maximum Gasteiger partial charge on any atom is 0.318 e. The van der Waals surface area contributed by atoms with E-state index in [1.807, 2.05) is 23.1 Å². The van der Waals surface area contributed by atoms with Gasteiger partial charge in [-0.1, -0.05) is 12.1 Å². The molecule has 4 heteroatoms. The summed E-state index contributed by atoms with van der Waals surface area (Å²) < 4.78 is 0. The molecule has 1 saturated carbocycles. The topological polar surface area (TPSA) is 58.4 Å². The molecule has 2 fully saturated rings. The molecule has 0 spiro atoms. The Labute approximate surface area is 107 Å². The maximum absolute atomic E-state index is 12.1. The van der Waals surface area contributed by atoms with Crippen LogP contribution in [0.25, 0.3) is 0 Å². The van der Waals surface area contributed by atoms with E-state index < -0.39 is 0 Å². The van der Waals surface area contributed by atoms with Gasteiger partial charge in [0.25, 0.3) is 0 Å². The molecule has 0 aromatic heterocycles. The molecule has 1 aliphatic carbocycles. The fraction of sp³-hybridized carbons (Fsp3) is 0.500. The Kier molecular flexibility index (Phi) is 2.86. The number of likely N-dealkylation sites (tertiary alicyclic amines) is 1. The molecule has 0 radical (unpaired) electrons. The summed E-state index contributed by atoms with van der Waals surface area (Å²) in [6.45, 7) is 0.845. The third-order valence-corrected chi connectivity index (χ3v) is 3.71. The van der Waals surface area contributed by atoms with Gasteiger partial charge in [0, 0.05) is 18.3 Å². The maximum atomic E-state index is 12.1. The number of benzene rings is 1. The summed E-state index contributed by atoms with van der Waals surface area (Å²) in [6, 6.07) is 8.57. The van der Waals surface area contributed by atoms with Gasteiger partial charge in [-0.05, 0) is 43.4 Å². The number of nitrogens with one attached hydrogen (secondary N) is 1. The van der Waals surface area contributed by atoms with E-state index in [4.69, 9.17) is 5.73 Å². The average Bonchev–Trinajstić information content (AvgIpc) is 3.03. The molecule has 2 aliphatic rings. The Balaban J connectivity index is 1.75. The number of hydrogen-bond donors (Lipinski definition) is 2. The molecule has 3 rings (SSSR count). The second-order valence-electron chi connectivity index (χ2n) is 5.25. The molecule has 1 aliphatic heterocycles. The number of rotatable bonds is 2. The normalized spacial score (nSPS) is 23.1. The Morgan fingerprint density at radius 3 is 2.89 bits per heavy atom. The van der Waals surface area contributed by atoms with Crippen LogP contribution in [-0.4, -0.2) is 23.5 Å². The van der Waals surface area contributed by atoms with Gasteiger partial charge < -0.3 is 16.0 Å². The van der Waals surface area contributed by atoms with Crippen LogP contribution in [0.1, 0.15) is 37.3 Å². The first kappa shape index (κ1) is 11.4. The standard InChI is InChI=1S/C14H19N3O/c15-11-4-1-3-10(9-11)13-5-2-8-17(13)14(18)16-12-6-7-12/h1,3-4,9,12-13H,2,5-8,15H2,(H,16,18). The summed E-state index contributed by atoms with van der Waals surface area (Å²) in [7, 11) is 0. The summed E-state index contributed by atoms with van der Waals surface area (Å²) in [5.74, 6) is 0. The lowest BCUT2D eigenvalue weighted by atomic mass is 10.0. The van der Waals surface area contributed by atoms with Gasteiger partial charge >= 0.3 is 6.03 Å². The van der Waals surface area contributed by atoms with Crippen LogP contribution in [0.4, 0.5) is 10.5 Å². The summed E-state index contributed by atoms with van der Waals surface area (Å²) >= 11 is 0. The van der Waals surface area contributed by atoms with Crippen molar-refractivity contribution in [3.63, 3.8) is 0 Å². The number of nitrogens with two attached hydrogens (primary N) is 1. The lowest BCUT2D eigenvalue weighted by Gasteiger charge is -2.25. The largest absolute Gasteiger partial charge is 0.399 e. The van der Waals surface area contributed by atoms with Crippen molar-refractivity contribution in [3.8, 4) is 0 Å². The average molecular weight is 245 g/mol. The van der Waals surface area contributed by atoms with E-state index >= 15 is 0 Å². The lowest BCUT2D eigenvalue weighted by molar-refractivity contribution is 0.192. The van der Waals surface area contributed by atoms with E-state index in [0.29, 0.717) is 6.04 Å². The molecule has 2 amide bonds. The molecule has 1 aromatic rings. The molecule has 1 heterocycles. The van der Waals surface area contributed by atoms with Gasteiger partial charge in [-0.3, -0.25) is 0 Å². The number of carbonyl (C=O) groups is 1. The molecule has 0 bridgehead atoms. The highest BCUT2D eigenvalue weighted by Crippen LogP contribution is 2.33. The van der Waals surface area contributed by atoms with Crippen molar-refractivity contribution in [2.24, 2.45) is 0 Å². The molecule has 96 valence electrons. The van der Waals surface area contributed by atoms with Gasteiger partial charge in [-0.25, -0.2) is 4.79 Å². The van der Waals surface area contributed by atoms with Crippen LogP contribution in [0.3, 0.4) is 0 Å². The molecule has 1 unspecified atom stereocenters. The van der Waals surface area contributed by atoms with Crippen LogP contribution in [0.15, 0.2) is 24.3 Å². The number of carbonyl (C=O) groups excluding carboxylic acids is 1. The Hall–Kier alpha value is -1.71. The van der Waals surface area contributed by atoms with Gasteiger partial charge in [0.2, 0.25) is 0 Å². The second-order valence-corrected chi connectivity index (χ2v) is 5.25. The Morgan fingerprint density at radius 2 is 2.17 bits per heavy atom. The zero-order chi connectivity index (χ0) is 12.5. The molecule has 1 aromatic carbocycles. The van der Waals surface area contributed by atoms with Gasteiger partial charge in [0.1, 0.15) is 0 Å². The van der Waals surface area contributed by atoms with Crippen LogP contribution in [0, 0.1) is 0 Å². The van der Waals surface area contributed by atoms with E-state index in [0.717, 1.165) is 43.5 Å². The SMILES string of the molecule is Nc1cccc(C2CCCN2C(=O)NC2CC2)c1. The van der Waals surface area contributed by atoms with Crippen molar-refractivity contribution < 1.29 is 4.79 Å². The molecule has 3 N–H and O–H groups in total. The molecular formula is C14H19N3O. The predicted molar refractivity (Wildman–Crippen MR) is 71.1 cm³/mol. The van der Waals surface area contributed by atoms with E-state index in [9.17, 15) is 4.79 Å². The zero-order valence-corrected chi connectivity index (χ0v) is 10.4. The van der Waals surface area contributed by atoms with Crippen LogP contribution in [-0.2, 0) is 0 Å². The highest BCUT2D eigenvalue weighted by atomic mass is 16.2. The van der Waals surface area contributed by atoms with Gasteiger partial charge in [-0.15, -0.1) is 0 Å². The number of anilines is 1. The number of nitrogens with zero attached hydrogens (tertiary/aromatic N) is 1. The van der Waals surface area contributed by atoms with E-state index in [-0.39, 0.29) is 12.1 Å². The van der Waals surface area contributed by atoms with E-state index in [2.05, 4.69) is 11.4 Å². The van der Waals surface area contributed by atoms with Gasteiger partial charge in [0.05, 0.1) is 6.04 Å². The van der Waals surface area contributed by atoms with Crippen LogP contribution in [0.5, 0.6) is 0 Å². The first-order chi connectivity index (χ1) is 8.74. The Morgan fingerprint density at radius 1 is 1.33 bits per heavy atom. The van der Waals surface area contributed by atoms with Gasteiger partial charge in [-0.2, -0.15) is 0 Å². The first-order valence-electron chi connectivity index (χ1n) is 6.66. The molecule has 1 atom stereocenters. The Bertz CT molecular complexity index is 456. The first-order valence-corrected chi connectivity index (χ1v) is 6.66. The molecule has 1 saturated heterocycles. The van der Waals surface area contributed by atoms with E-state index in [1.54, 1.807) is 0 Å². The van der Waals surface area contributed by atoms with Crippen LogP contribution >= 0.6 is 0 Å². The van der Waals surface area contributed by atoms with Crippen molar-refractivity contribution in [3.05, 3.63) is 29.8 Å². The predicted octanol–water partition coefficient (Wildman–Crippen LogP) is 2.28. The third-order valence-electron chi connectivity index (χ3n) is 3.71. The van der Waals surface area contributed by atoms with E-state index in [1.165, 1.54) is 0 Å². The van der Waals surface area contributed by atoms with Crippen molar-refractivity contribution in [1.29, 1.82) is 0 Å². The van der Waals surface area contributed by atoms with Crippen molar-refractivity contribution in [2.45, 2.75) is 37.8 Å². The zero-order valence-electron chi connectivity index (χ0n) is 10.4. The number of hydrogen-bond acceptors (Lipinski definition) is 2. The molecule has 4 nitrogen and oxygen atoms in total. The molecule has 18 heavy (non-hydrogen) atoms. The van der Waals surface area contributed by atoms with Crippen molar-refractivity contribution in [2.75, 3.05) is 12.3 Å². The van der Waals surface area contributed by atoms with Crippen molar-refractivity contribution >= 4 is 11.7 Å². The minimum absolute atomic E-state index is 0.0856. The second kappa shape index (κ2) is 4.52. The fourth-order valence-corrected chi connectivity index (χ4v) is 2.61. The fourth-order valence-electron chi connectivity index (χ4n) is 2.61. The third kappa shape index (κ3) is 2.28. The quantitative estimate of drug-likeness (QED) is 0.785. The smallest absolute Gasteiger partial charge is 0.318 e. The minimum atomic E-state index is 0.0856. The van der Waals surface area contributed by atoms with Crippen molar-refractivity contribution in [1.82, 2.24) is 10.2 Å². The highest BCUT2D eigenvalue weighted by molar-refractivity contribution is 5.75. The summed E-state index contributed by atoms with van der Waals surface area (Å²) in [6.07, 6.45) is 4.35. The summed E-state index contributed by atoms with van der Waals surface area (Å²) in [5, 5.41) is 3.07. The number of nitrogen functional groups attached to an aromatic ring is 1. The highest BCUT2D eigenvalue weighted by Gasteiger charge is 2.33. The summed E-state index contributed by atoms with van der Waals surface area (Å²) in [4.78, 5) is 14.1. The van der Waals surface area contributed by atoms with Crippen LogP contribution < -0.4 is 11.1 Å². The number of urea groups is 1. The minimum Gasteiger partial charge on any atom is -0.399 e. The van der Waals surface area contributed by atoms with Crippen LogP contribution in [0.2, 0.25) is 0 Å². The van der Waals surface area contributed by atoms with Gasteiger partial charge in [0.15, 0.2) is 0 Å². The molecular weight excluding hydrogens is 226 g/mol. The summed E-state index contributed by atoms with van der Waals surface area (Å²) in [5.41, 5.74) is 7.74. The monoisotopic (exact) mass is 245 g/mol. The lowest BCUT2D eigenvalue weighted by Crippen LogP contribution is -2.40. The number of amides is 2.